The number of carbonyl (C=O) groups is 1. The Morgan fingerprint density at radius 1 is 1.35 bits per heavy atom. The largest absolute Gasteiger partial charge is 0.370 e. The van der Waals surface area contributed by atoms with Gasteiger partial charge in [0.15, 0.2) is 0 Å². The van der Waals surface area contributed by atoms with Crippen LogP contribution in [0.5, 0.6) is 0 Å². The van der Waals surface area contributed by atoms with E-state index < -0.39 is 0 Å². The second-order valence-corrected chi connectivity index (χ2v) is 6.58. The molecule has 1 rings (SSSR count). The van der Waals surface area contributed by atoms with E-state index in [1.54, 1.807) is 35.6 Å². The van der Waals surface area contributed by atoms with Crippen molar-refractivity contribution >= 4 is 27.5 Å². The van der Waals surface area contributed by atoms with Gasteiger partial charge in [-0.15, -0.1) is 5.92 Å². The minimum absolute atomic E-state index is 0. The van der Waals surface area contributed by atoms with Crippen molar-refractivity contribution in [3.8, 4) is 11.8 Å². The minimum Gasteiger partial charge on any atom is -0.370 e. The van der Waals surface area contributed by atoms with Crippen LogP contribution >= 0.6 is 21.6 Å². The van der Waals surface area contributed by atoms with Crippen LogP contribution < -0.4 is 5.32 Å². The van der Waals surface area contributed by atoms with Crippen LogP contribution in [0.2, 0.25) is 0 Å². The van der Waals surface area contributed by atoms with Crippen LogP contribution in [-0.2, 0) is 19.0 Å². The number of amides is 1. The lowest BCUT2D eigenvalue weighted by atomic mass is 10.3. The summed E-state index contributed by atoms with van der Waals surface area (Å²) in [5.41, 5.74) is 0.453. The van der Waals surface area contributed by atoms with E-state index >= 15 is 0 Å². The molecular formula is C13H23NO4S2. The van der Waals surface area contributed by atoms with Crippen molar-refractivity contribution in [2.45, 2.75) is 30.6 Å². The Kier molecular flexibility index (Phi) is 9.97. The third-order valence-electron chi connectivity index (χ3n) is 2.49. The highest BCUT2D eigenvalue weighted by molar-refractivity contribution is 8.77. The van der Waals surface area contributed by atoms with Crippen LogP contribution in [0, 0.1) is 11.8 Å². The van der Waals surface area contributed by atoms with E-state index in [1.807, 2.05) is 0 Å². The Morgan fingerprint density at radius 3 is 2.75 bits per heavy atom. The maximum atomic E-state index is 11.3. The molecule has 0 radical (unpaired) electrons. The van der Waals surface area contributed by atoms with Gasteiger partial charge in [0.1, 0.15) is 17.5 Å². The molecule has 0 aromatic carbocycles. The van der Waals surface area contributed by atoms with Crippen molar-refractivity contribution in [2.24, 2.45) is 0 Å². The standard InChI is InChI=1S/C13H21NO4S2.H2/c1-3-4-7-14-11(15)10-17-8-9-18-13-6-5-12(16-2)19-20-13;/h12-13H,5-10H2,1-2H3,(H,14,15);1H. The van der Waals surface area contributed by atoms with Crippen molar-refractivity contribution in [3.63, 3.8) is 0 Å². The molecule has 0 aliphatic carbocycles. The highest BCUT2D eigenvalue weighted by Gasteiger charge is 2.22. The van der Waals surface area contributed by atoms with Crippen LogP contribution in [0.15, 0.2) is 0 Å². The lowest BCUT2D eigenvalue weighted by Crippen LogP contribution is -2.28. The van der Waals surface area contributed by atoms with Gasteiger partial charge in [0, 0.05) is 8.54 Å². The molecule has 1 amide bonds. The van der Waals surface area contributed by atoms with E-state index in [0.29, 0.717) is 19.8 Å². The molecule has 0 spiro atoms. The quantitative estimate of drug-likeness (QED) is 0.418. The number of carbonyl (C=O) groups excluding carboxylic acids is 1. The molecule has 0 bridgehead atoms. The van der Waals surface area contributed by atoms with Crippen LogP contribution in [0.4, 0.5) is 0 Å². The van der Waals surface area contributed by atoms with Crippen LogP contribution in [0.25, 0.3) is 0 Å². The van der Waals surface area contributed by atoms with Crippen LogP contribution in [0.1, 0.15) is 21.2 Å². The van der Waals surface area contributed by atoms with Gasteiger partial charge in [-0.25, -0.2) is 0 Å². The van der Waals surface area contributed by atoms with Crippen molar-refractivity contribution in [1.82, 2.24) is 5.32 Å². The first-order valence-electron chi connectivity index (χ1n) is 6.47. The number of methoxy groups -OCH3 is 1. The zero-order chi connectivity index (χ0) is 14.6. The first kappa shape index (κ1) is 17.7. The Labute approximate surface area is 129 Å². The summed E-state index contributed by atoms with van der Waals surface area (Å²) in [6.07, 6.45) is 1.98. The molecule has 1 N–H and O–H groups in total. The summed E-state index contributed by atoms with van der Waals surface area (Å²) in [5, 5.41) is 2.64. The molecule has 20 heavy (non-hydrogen) atoms. The highest BCUT2D eigenvalue weighted by atomic mass is 33.1. The molecule has 1 saturated heterocycles. The van der Waals surface area contributed by atoms with E-state index in [-0.39, 0.29) is 24.8 Å². The van der Waals surface area contributed by atoms with Crippen molar-refractivity contribution < 1.29 is 20.4 Å². The second kappa shape index (κ2) is 11.3. The molecule has 0 saturated carbocycles. The maximum Gasteiger partial charge on any atom is 0.246 e. The Bertz CT molecular complexity index is 341. The van der Waals surface area contributed by atoms with E-state index in [1.165, 1.54) is 0 Å². The summed E-state index contributed by atoms with van der Waals surface area (Å²) in [6.45, 7) is 3.06. The normalized spacial score (nSPS) is 21.9. The fraction of sp³-hybridized carbons (Fsp3) is 0.769. The highest BCUT2D eigenvalue weighted by Crippen LogP contribution is 2.41. The summed E-state index contributed by atoms with van der Waals surface area (Å²) in [7, 11) is 5.12. The van der Waals surface area contributed by atoms with Crippen molar-refractivity contribution in [1.29, 1.82) is 0 Å². The molecule has 1 fully saturated rings. The number of rotatable bonds is 8. The van der Waals surface area contributed by atoms with Gasteiger partial charge in [-0.2, -0.15) is 0 Å². The summed E-state index contributed by atoms with van der Waals surface area (Å²) in [4.78, 5) is 11.3. The monoisotopic (exact) mass is 321 g/mol. The molecular weight excluding hydrogens is 298 g/mol. The smallest absolute Gasteiger partial charge is 0.246 e. The first-order valence-corrected chi connectivity index (χ1v) is 8.74. The lowest BCUT2D eigenvalue weighted by Gasteiger charge is -2.26. The topological polar surface area (TPSA) is 56.8 Å². The van der Waals surface area contributed by atoms with Gasteiger partial charge in [0.25, 0.3) is 0 Å². The summed E-state index contributed by atoms with van der Waals surface area (Å²) in [5.74, 6) is 5.30. The molecule has 7 heteroatoms. The van der Waals surface area contributed by atoms with E-state index in [4.69, 9.17) is 14.2 Å². The second-order valence-electron chi connectivity index (χ2n) is 3.99. The maximum absolute atomic E-state index is 11.3. The van der Waals surface area contributed by atoms with Gasteiger partial charge >= 0.3 is 0 Å². The Balaban J connectivity index is 0.00000400. The third-order valence-corrected chi connectivity index (χ3v) is 5.45. The van der Waals surface area contributed by atoms with E-state index in [9.17, 15) is 4.79 Å². The van der Waals surface area contributed by atoms with Crippen molar-refractivity contribution in [3.05, 3.63) is 0 Å². The summed E-state index contributed by atoms with van der Waals surface area (Å²) in [6, 6.07) is 0. The fourth-order valence-electron chi connectivity index (χ4n) is 1.45. The van der Waals surface area contributed by atoms with Crippen molar-refractivity contribution in [2.75, 3.05) is 33.5 Å². The van der Waals surface area contributed by atoms with Gasteiger partial charge in [-0.3, -0.25) is 4.79 Å². The number of hydrogen-bond acceptors (Lipinski definition) is 6. The average molecular weight is 321 g/mol. The van der Waals surface area contributed by atoms with Gasteiger partial charge in [0.05, 0.1) is 19.8 Å². The Morgan fingerprint density at radius 2 is 2.10 bits per heavy atom. The number of hydrogen-bond donors (Lipinski definition) is 1. The first-order chi connectivity index (χ1) is 9.76. The molecule has 1 aliphatic heterocycles. The third kappa shape index (κ3) is 8.02. The Hall–Kier alpha value is -0.390. The zero-order valence-electron chi connectivity index (χ0n) is 11.8. The zero-order valence-corrected chi connectivity index (χ0v) is 13.5. The number of nitrogens with one attached hydrogen (secondary N) is 1. The van der Waals surface area contributed by atoms with Gasteiger partial charge in [0.2, 0.25) is 5.91 Å². The molecule has 0 aromatic rings. The molecule has 116 valence electrons. The summed E-state index contributed by atoms with van der Waals surface area (Å²) < 4.78 is 16.2. The number of ether oxygens (including phenoxy) is 3. The summed E-state index contributed by atoms with van der Waals surface area (Å²) >= 11 is 0. The van der Waals surface area contributed by atoms with Crippen LogP contribution in [0.3, 0.4) is 0 Å². The predicted molar refractivity (Wildman–Crippen MR) is 84.3 cm³/mol. The molecule has 0 aromatic heterocycles. The lowest BCUT2D eigenvalue weighted by molar-refractivity contribution is -0.126. The van der Waals surface area contributed by atoms with Gasteiger partial charge < -0.3 is 19.5 Å². The van der Waals surface area contributed by atoms with E-state index in [0.717, 1.165) is 12.8 Å². The SMILES string of the molecule is CC#CCNC(=O)COCCOC1CCC(OC)SS1.[HH]. The molecule has 1 heterocycles. The van der Waals surface area contributed by atoms with E-state index in [2.05, 4.69) is 17.2 Å². The molecule has 2 atom stereocenters. The molecule has 2 unspecified atom stereocenters. The predicted octanol–water partition coefficient (Wildman–Crippen LogP) is 1.88. The van der Waals surface area contributed by atoms with Crippen LogP contribution in [-0.4, -0.2) is 50.3 Å². The van der Waals surface area contributed by atoms with Gasteiger partial charge in [-0.1, -0.05) is 27.5 Å². The molecule has 5 nitrogen and oxygen atoms in total. The minimum atomic E-state index is -0.154. The average Bonchev–Trinajstić information content (AvgIpc) is 2.48. The molecule has 1 aliphatic rings. The van der Waals surface area contributed by atoms with Gasteiger partial charge in [-0.05, 0) is 19.8 Å². The fourth-order valence-corrected chi connectivity index (χ4v) is 4.11.